The number of primary amides is 1. The van der Waals surface area contributed by atoms with Gasteiger partial charge in [0.15, 0.2) is 6.10 Å². The predicted octanol–water partition coefficient (Wildman–Crippen LogP) is 1.22. The minimum atomic E-state index is -0.707. The van der Waals surface area contributed by atoms with Crippen molar-refractivity contribution in [2.75, 3.05) is 36.1 Å². The van der Waals surface area contributed by atoms with Gasteiger partial charge in [-0.05, 0) is 24.3 Å². The molecule has 0 saturated carbocycles. The minimum absolute atomic E-state index is 0.0443. The lowest BCUT2D eigenvalue weighted by Gasteiger charge is -2.35. The van der Waals surface area contributed by atoms with Gasteiger partial charge in [-0.3, -0.25) is 14.4 Å². The van der Waals surface area contributed by atoms with Crippen LogP contribution in [0.3, 0.4) is 0 Å². The van der Waals surface area contributed by atoms with E-state index in [9.17, 15) is 14.4 Å². The molecule has 8 nitrogen and oxygen atoms in total. The van der Waals surface area contributed by atoms with E-state index in [1.54, 1.807) is 25.2 Å². The summed E-state index contributed by atoms with van der Waals surface area (Å²) in [6.45, 7) is 0.296. The van der Waals surface area contributed by atoms with Crippen molar-refractivity contribution in [3.05, 3.63) is 48.5 Å². The molecule has 4 N–H and O–H groups in total. The number of nitrogens with two attached hydrogens (primary N) is 1. The largest absolute Gasteiger partial charge is 0.477 e. The number of carbonyl (C=O) groups is 3. The molecule has 0 radical (unpaired) electrons. The summed E-state index contributed by atoms with van der Waals surface area (Å²) in [4.78, 5) is 38.4. The van der Waals surface area contributed by atoms with Crippen LogP contribution in [-0.4, -0.2) is 49.7 Å². The first-order valence-corrected chi connectivity index (χ1v) is 9.98. The fourth-order valence-electron chi connectivity index (χ4n) is 2.96. The number of fused-ring (bicyclic) bond motifs is 1. The van der Waals surface area contributed by atoms with Crippen LogP contribution in [0.1, 0.15) is 0 Å². The van der Waals surface area contributed by atoms with Crippen molar-refractivity contribution in [3.63, 3.8) is 0 Å². The molecule has 3 amide bonds. The lowest BCUT2D eigenvalue weighted by Crippen LogP contribution is -2.50. The standard InChI is InChI=1S/C20H22N4O4S/c1-22-20(27)16-10-24(14-7-3-4-8-15(14)28-16)11-19(26)23-13-6-2-5-9-17(13)29-12-18(21)25/h2-9,16H,10-12H2,1H3,(H2,21,25)(H,22,27)(H,23,26)/t16-/m0/s1. The van der Waals surface area contributed by atoms with E-state index in [0.717, 1.165) is 10.6 Å². The Morgan fingerprint density at radius 3 is 2.66 bits per heavy atom. The van der Waals surface area contributed by atoms with Crippen molar-refractivity contribution < 1.29 is 19.1 Å². The number of amides is 3. The molecule has 1 atom stereocenters. The number of para-hydroxylation sites is 3. The number of ether oxygens (including phenoxy) is 1. The summed E-state index contributed by atoms with van der Waals surface area (Å²) in [5.41, 5.74) is 6.57. The van der Waals surface area contributed by atoms with E-state index in [0.29, 0.717) is 11.4 Å². The van der Waals surface area contributed by atoms with Crippen molar-refractivity contribution in [3.8, 4) is 5.75 Å². The molecule has 152 valence electrons. The summed E-state index contributed by atoms with van der Waals surface area (Å²) < 4.78 is 5.76. The summed E-state index contributed by atoms with van der Waals surface area (Å²) >= 11 is 1.26. The van der Waals surface area contributed by atoms with Crippen molar-refractivity contribution in [1.82, 2.24) is 5.32 Å². The fourth-order valence-corrected chi connectivity index (χ4v) is 3.71. The van der Waals surface area contributed by atoms with Gasteiger partial charge < -0.3 is 26.0 Å². The van der Waals surface area contributed by atoms with Gasteiger partial charge in [0.05, 0.1) is 30.2 Å². The number of thioether (sulfide) groups is 1. The number of hydrogen-bond acceptors (Lipinski definition) is 6. The van der Waals surface area contributed by atoms with Gasteiger partial charge in [-0.1, -0.05) is 24.3 Å². The van der Waals surface area contributed by atoms with Crippen molar-refractivity contribution in [1.29, 1.82) is 0 Å². The molecule has 0 saturated heterocycles. The van der Waals surface area contributed by atoms with Gasteiger partial charge in [0.25, 0.3) is 5.91 Å². The maximum atomic E-state index is 12.7. The molecule has 3 rings (SSSR count). The number of nitrogens with one attached hydrogen (secondary N) is 2. The highest BCUT2D eigenvalue weighted by Gasteiger charge is 2.31. The number of rotatable bonds is 7. The average molecular weight is 414 g/mol. The van der Waals surface area contributed by atoms with Gasteiger partial charge >= 0.3 is 0 Å². The van der Waals surface area contributed by atoms with Crippen LogP contribution in [0, 0.1) is 0 Å². The van der Waals surface area contributed by atoms with Crippen LogP contribution in [0.15, 0.2) is 53.4 Å². The quantitative estimate of drug-likeness (QED) is 0.587. The Labute approximate surface area is 172 Å². The summed E-state index contributed by atoms with van der Waals surface area (Å²) in [5, 5.41) is 5.45. The summed E-state index contributed by atoms with van der Waals surface area (Å²) in [6.07, 6.45) is -0.707. The van der Waals surface area contributed by atoms with Crippen LogP contribution < -0.4 is 26.0 Å². The zero-order valence-corrected chi connectivity index (χ0v) is 16.7. The monoisotopic (exact) mass is 414 g/mol. The van der Waals surface area contributed by atoms with Crippen LogP contribution >= 0.6 is 11.8 Å². The molecule has 0 bridgehead atoms. The van der Waals surface area contributed by atoms with Crippen molar-refractivity contribution >= 4 is 40.9 Å². The maximum absolute atomic E-state index is 12.7. The van der Waals surface area contributed by atoms with Gasteiger partial charge in [0.1, 0.15) is 5.75 Å². The summed E-state index contributed by atoms with van der Waals surface area (Å²) in [5.74, 6) is -0.251. The highest BCUT2D eigenvalue weighted by Crippen LogP contribution is 2.33. The molecule has 1 aliphatic rings. The lowest BCUT2D eigenvalue weighted by molar-refractivity contribution is -0.127. The molecular formula is C20H22N4O4S. The Kier molecular flexibility index (Phi) is 6.61. The van der Waals surface area contributed by atoms with Crippen molar-refractivity contribution in [2.24, 2.45) is 5.73 Å². The van der Waals surface area contributed by atoms with E-state index in [2.05, 4.69) is 10.6 Å². The van der Waals surface area contributed by atoms with Crippen LogP contribution in [0.25, 0.3) is 0 Å². The normalized spacial score (nSPS) is 15.1. The highest BCUT2D eigenvalue weighted by atomic mass is 32.2. The molecule has 0 aromatic heterocycles. The average Bonchev–Trinajstić information content (AvgIpc) is 2.72. The molecule has 0 fully saturated rings. The lowest BCUT2D eigenvalue weighted by atomic mass is 10.1. The molecule has 2 aromatic carbocycles. The zero-order valence-electron chi connectivity index (χ0n) is 15.9. The smallest absolute Gasteiger partial charge is 0.262 e. The highest BCUT2D eigenvalue weighted by molar-refractivity contribution is 8.00. The van der Waals surface area contributed by atoms with E-state index in [1.165, 1.54) is 11.8 Å². The molecule has 9 heteroatoms. The first-order valence-electron chi connectivity index (χ1n) is 9.00. The molecule has 0 spiro atoms. The Bertz CT molecular complexity index is 921. The SMILES string of the molecule is CNC(=O)[C@@H]1CN(CC(=O)Nc2ccccc2SCC(N)=O)c2ccccc2O1. The molecule has 1 heterocycles. The van der Waals surface area contributed by atoms with Crippen LogP contribution in [-0.2, 0) is 14.4 Å². The predicted molar refractivity (Wildman–Crippen MR) is 112 cm³/mol. The van der Waals surface area contributed by atoms with Crippen LogP contribution in [0.5, 0.6) is 5.75 Å². The van der Waals surface area contributed by atoms with E-state index in [1.807, 2.05) is 35.2 Å². The number of hydrogen-bond donors (Lipinski definition) is 3. The van der Waals surface area contributed by atoms with E-state index in [4.69, 9.17) is 10.5 Å². The fraction of sp³-hybridized carbons (Fsp3) is 0.250. The molecule has 0 unspecified atom stereocenters. The van der Waals surface area contributed by atoms with Crippen molar-refractivity contribution in [2.45, 2.75) is 11.0 Å². The van der Waals surface area contributed by atoms with Gasteiger partial charge in [-0.15, -0.1) is 11.8 Å². The Morgan fingerprint density at radius 2 is 1.90 bits per heavy atom. The first kappa shape index (κ1) is 20.5. The maximum Gasteiger partial charge on any atom is 0.262 e. The van der Waals surface area contributed by atoms with Crippen LogP contribution in [0.4, 0.5) is 11.4 Å². The van der Waals surface area contributed by atoms with E-state index >= 15 is 0 Å². The summed E-state index contributed by atoms with van der Waals surface area (Å²) in [6, 6.07) is 14.5. The first-order chi connectivity index (χ1) is 14.0. The Hall–Kier alpha value is -3.20. The number of carbonyl (C=O) groups excluding carboxylic acids is 3. The van der Waals surface area contributed by atoms with Gasteiger partial charge in [0.2, 0.25) is 11.8 Å². The molecular weight excluding hydrogens is 392 g/mol. The van der Waals surface area contributed by atoms with E-state index in [-0.39, 0.29) is 30.7 Å². The van der Waals surface area contributed by atoms with Gasteiger partial charge in [-0.25, -0.2) is 0 Å². The van der Waals surface area contributed by atoms with E-state index < -0.39 is 12.0 Å². The number of benzene rings is 2. The molecule has 2 aromatic rings. The molecule has 1 aliphatic heterocycles. The molecule has 29 heavy (non-hydrogen) atoms. The number of anilines is 2. The number of nitrogens with zero attached hydrogens (tertiary/aromatic N) is 1. The van der Waals surface area contributed by atoms with Gasteiger partial charge in [-0.2, -0.15) is 0 Å². The third-order valence-corrected chi connectivity index (χ3v) is 5.36. The second kappa shape index (κ2) is 9.33. The Morgan fingerprint density at radius 1 is 1.17 bits per heavy atom. The summed E-state index contributed by atoms with van der Waals surface area (Å²) in [7, 11) is 1.55. The van der Waals surface area contributed by atoms with Crippen LogP contribution in [0.2, 0.25) is 0 Å². The topological polar surface area (TPSA) is 114 Å². The zero-order chi connectivity index (χ0) is 20.8. The third kappa shape index (κ3) is 5.20. The molecule has 0 aliphatic carbocycles. The minimum Gasteiger partial charge on any atom is -0.477 e. The third-order valence-electron chi connectivity index (χ3n) is 4.27. The second-order valence-electron chi connectivity index (χ2n) is 6.37. The second-order valence-corrected chi connectivity index (χ2v) is 7.39. The van der Waals surface area contributed by atoms with Gasteiger partial charge in [0, 0.05) is 11.9 Å². The number of likely N-dealkylation sites (N-methyl/N-ethyl adjacent to an activating group) is 1. The Balaban J connectivity index is 1.73.